The normalized spacial score (nSPS) is 19.3. The molecule has 1 heterocycles. The number of halogens is 2. The average molecular weight is 316 g/mol. The van der Waals surface area contributed by atoms with Gasteiger partial charge in [0, 0.05) is 31.1 Å². The zero-order chi connectivity index (χ0) is 12.9. The van der Waals surface area contributed by atoms with Crippen molar-refractivity contribution in [2.45, 2.75) is 31.8 Å². The average Bonchev–Trinajstić information content (AvgIpc) is 2.28. The second-order valence-corrected chi connectivity index (χ2v) is 5.41. The summed E-state index contributed by atoms with van der Waals surface area (Å²) >= 11 is 0. The molecule has 2 N–H and O–H groups in total. The molecule has 0 spiro atoms. The lowest BCUT2D eigenvalue weighted by molar-refractivity contribution is -0.122. The molecule has 1 atom stereocenters. The lowest BCUT2D eigenvalue weighted by Gasteiger charge is -2.33. The zero-order valence-electron chi connectivity index (χ0n) is 12.2. The van der Waals surface area contributed by atoms with Crippen molar-refractivity contribution in [3.05, 3.63) is 0 Å². The van der Waals surface area contributed by atoms with Crippen LogP contribution in [0.25, 0.3) is 0 Å². The van der Waals surface area contributed by atoms with Gasteiger partial charge in [-0.15, -0.1) is 24.8 Å². The van der Waals surface area contributed by atoms with Crippen molar-refractivity contribution in [3.63, 3.8) is 0 Å². The maximum atomic E-state index is 11.8. The van der Waals surface area contributed by atoms with Gasteiger partial charge in [0.05, 0.1) is 13.2 Å². The number of nitrogens with zero attached hydrogens (tertiary/aromatic N) is 1. The molecule has 1 amide bonds. The highest BCUT2D eigenvalue weighted by molar-refractivity contribution is 5.85. The van der Waals surface area contributed by atoms with E-state index in [0.29, 0.717) is 19.6 Å². The molecule has 0 aromatic rings. The van der Waals surface area contributed by atoms with Gasteiger partial charge in [0.25, 0.3) is 0 Å². The fourth-order valence-corrected chi connectivity index (χ4v) is 1.52. The van der Waals surface area contributed by atoms with Crippen LogP contribution < -0.4 is 10.6 Å². The summed E-state index contributed by atoms with van der Waals surface area (Å²) in [4.78, 5) is 13.9. The number of likely N-dealkylation sites (N-methyl/N-ethyl adjacent to an activating group) is 1. The predicted molar refractivity (Wildman–Crippen MR) is 82.5 cm³/mol. The smallest absolute Gasteiger partial charge is 0.221 e. The first-order valence-corrected chi connectivity index (χ1v) is 6.17. The molecule has 1 rings (SSSR count). The molecule has 0 aromatic heterocycles. The molecule has 116 valence electrons. The SMILES string of the molecule is CN(C)C(C)(C)CNC(=O)CC1COCCN1.Cl.Cl. The van der Waals surface area contributed by atoms with Crippen molar-refractivity contribution < 1.29 is 9.53 Å². The van der Waals surface area contributed by atoms with Gasteiger partial charge in [0.2, 0.25) is 5.91 Å². The number of carbonyl (C=O) groups is 1. The van der Waals surface area contributed by atoms with E-state index < -0.39 is 0 Å². The molecule has 1 aliphatic heterocycles. The van der Waals surface area contributed by atoms with Crippen LogP contribution in [0.15, 0.2) is 0 Å². The van der Waals surface area contributed by atoms with E-state index in [2.05, 4.69) is 29.4 Å². The maximum absolute atomic E-state index is 11.8. The summed E-state index contributed by atoms with van der Waals surface area (Å²) in [5, 5.41) is 6.25. The molecule has 1 aliphatic rings. The highest BCUT2D eigenvalue weighted by atomic mass is 35.5. The largest absolute Gasteiger partial charge is 0.378 e. The number of hydrogen-bond donors (Lipinski definition) is 2. The van der Waals surface area contributed by atoms with Crippen LogP contribution in [-0.2, 0) is 9.53 Å². The number of ether oxygens (including phenoxy) is 1. The van der Waals surface area contributed by atoms with E-state index >= 15 is 0 Å². The minimum absolute atomic E-state index is 0. The van der Waals surface area contributed by atoms with Gasteiger partial charge in [-0.1, -0.05) is 0 Å². The van der Waals surface area contributed by atoms with Crippen LogP contribution in [0.1, 0.15) is 20.3 Å². The second-order valence-electron chi connectivity index (χ2n) is 5.41. The molecule has 0 saturated carbocycles. The van der Waals surface area contributed by atoms with Crippen molar-refractivity contribution in [2.75, 3.05) is 40.4 Å². The molecular weight excluding hydrogens is 289 g/mol. The van der Waals surface area contributed by atoms with Crippen LogP contribution in [0.2, 0.25) is 0 Å². The molecule has 1 fully saturated rings. The van der Waals surface area contributed by atoms with Crippen molar-refractivity contribution in [1.82, 2.24) is 15.5 Å². The first-order valence-electron chi connectivity index (χ1n) is 6.17. The summed E-state index contributed by atoms with van der Waals surface area (Å²) in [7, 11) is 4.03. The lowest BCUT2D eigenvalue weighted by Crippen LogP contribution is -2.50. The summed E-state index contributed by atoms with van der Waals surface area (Å²) in [6.45, 7) is 7.08. The number of amides is 1. The third kappa shape index (κ3) is 7.95. The molecule has 1 unspecified atom stereocenters. The van der Waals surface area contributed by atoms with Crippen LogP contribution in [0.4, 0.5) is 0 Å². The highest BCUT2D eigenvalue weighted by Crippen LogP contribution is 2.08. The summed E-state index contributed by atoms with van der Waals surface area (Å²) < 4.78 is 5.32. The molecule has 0 radical (unpaired) electrons. The van der Waals surface area contributed by atoms with E-state index in [-0.39, 0.29) is 42.3 Å². The van der Waals surface area contributed by atoms with Crippen molar-refractivity contribution in [3.8, 4) is 0 Å². The summed E-state index contributed by atoms with van der Waals surface area (Å²) in [6.07, 6.45) is 0.490. The minimum Gasteiger partial charge on any atom is -0.378 e. The highest BCUT2D eigenvalue weighted by Gasteiger charge is 2.22. The Bertz CT molecular complexity index is 257. The summed E-state index contributed by atoms with van der Waals surface area (Å²) in [5.41, 5.74) is -0.0217. The van der Waals surface area contributed by atoms with Crippen LogP contribution in [0.3, 0.4) is 0 Å². The zero-order valence-corrected chi connectivity index (χ0v) is 13.8. The quantitative estimate of drug-likeness (QED) is 0.783. The number of rotatable bonds is 5. The Morgan fingerprint density at radius 1 is 1.42 bits per heavy atom. The monoisotopic (exact) mass is 315 g/mol. The van der Waals surface area contributed by atoms with Gasteiger partial charge < -0.3 is 20.3 Å². The standard InChI is InChI=1S/C12H25N3O2.2ClH/c1-12(2,15(3)4)9-14-11(16)7-10-8-17-6-5-13-10;;/h10,13H,5-9H2,1-4H3,(H,14,16);2*1H. The first kappa shape index (κ1) is 21.2. The fraction of sp³-hybridized carbons (Fsp3) is 0.917. The molecule has 0 aromatic carbocycles. The van der Waals surface area contributed by atoms with Crippen molar-refractivity contribution in [1.29, 1.82) is 0 Å². The van der Waals surface area contributed by atoms with Gasteiger partial charge in [0.15, 0.2) is 0 Å². The minimum atomic E-state index is -0.0217. The van der Waals surface area contributed by atoms with Gasteiger partial charge in [-0.25, -0.2) is 0 Å². The van der Waals surface area contributed by atoms with Gasteiger partial charge in [-0.2, -0.15) is 0 Å². The van der Waals surface area contributed by atoms with Crippen LogP contribution in [-0.4, -0.2) is 62.8 Å². The number of hydrogen-bond acceptors (Lipinski definition) is 4. The first-order chi connectivity index (χ1) is 7.92. The fourth-order valence-electron chi connectivity index (χ4n) is 1.52. The summed E-state index contributed by atoms with van der Waals surface area (Å²) in [5.74, 6) is 0.0860. The van der Waals surface area contributed by atoms with Gasteiger partial charge in [-0.05, 0) is 27.9 Å². The predicted octanol–water partition coefficient (Wildman–Crippen LogP) is 0.665. The molecule has 0 bridgehead atoms. The van der Waals surface area contributed by atoms with Gasteiger partial charge in [-0.3, -0.25) is 4.79 Å². The van der Waals surface area contributed by atoms with E-state index in [4.69, 9.17) is 4.74 Å². The third-order valence-corrected chi connectivity index (χ3v) is 3.36. The Morgan fingerprint density at radius 3 is 2.53 bits per heavy atom. The van der Waals surface area contributed by atoms with Crippen LogP contribution >= 0.6 is 24.8 Å². The van der Waals surface area contributed by atoms with E-state index in [1.54, 1.807) is 0 Å². The Kier molecular flexibility index (Phi) is 10.9. The molecule has 5 nitrogen and oxygen atoms in total. The van der Waals surface area contributed by atoms with Gasteiger partial charge in [0.1, 0.15) is 0 Å². The number of carbonyl (C=O) groups excluding carboxylic acids is 1. The molecule has 1 saturated heterocycles. The van der Waals surface area contributed by atoms with E-state index in [1.165, 1.54) is 0 Å². The Hall–Kier alpha value is -0.0700. The van der Waals surface area contributed by atoms with Crippen LogP contribution in [0.5, 0.6) is 0 Å². The molecule has 19 heavy (non-hydrogen) atoms. The Balaban J connectivity index is 0. The van der Waals surface area contributed by atoms with Crippen molar-refractivity contribution in [2.24, 2.45) is 0 Å². The Labute approximate surface area is 128 Å². The van der Waals surface area contributed by atoms with E-state index in [0.717, 1.165) is 13.2 Å². The number of nitrogens with one attached hydrogen (secondary N) is 2. The van der Waals surface area contributed by atoms with Crippen LogP contribution in [0, 0.1) is 0 Å². The topological polar surface area (TPSA) is 53.6 Å². The second kappa shape index (κ2) is 9.77. The summed E-state index contributed by atoms with van der Waals surface area (Å²) in [6, 6.07) is 0.159. The molecule has 0 aliphatic carbocycles. The molecular formula is C12H27Cl2N3O2. The van der Waals surface area contributed by atoms with Crippen molar-refractivity contribution >= 4 is 30.7 Å². The maximum Gasteiger partial charge on any atom is 0.221 e. The molecule has 7 heteroatoms. The Morgan fingerprint density at radius 2 is 2.05 bits per heavy atom. The lowest BCUT2D eigenvalue weighted by atomic mass is 10.0. The van der Waals surface area contributed by atoms with E-state index in [1.807, 2.05) is 14.1 Å². The number of morpholine rings is 1. The van der Waals surface area contributed by atoms with E-state index in [9.17, 15) is 4.79 Å². The third-order valence-electron chi connectivity index (χ3n) is 3.36. The van der Waals surface area contributed by atoms with Gasteiger partial charge >= 0.3 is 0 Å².